The Morgan fingerprint density at radius 3 is 2.52 bits per heavy atom. The molecule has 4 aromatic rings. The van der Waals surface area contributed by atoms with Crippen molar-refractivity contribution in [2.75, 3.05) is 18.2 Å². The zero-order valence-electron chi connectivity index (χ0n) is 17.9. The molecule has 0 atom stereocenters. The number of amides is 1. The number of ether oxygens (including phenoxy) is 1. The number of hydrogen-bond donors (Lipinski definition) is 1. The van der Waals surface area contributed by atoms with E-state index in [0.717, 1.165) is 22.6 Å². The topological polar surface area (TPSA) is 69.0 Å². The Hall–Kier alpha value is -3.00. The molecule has 0 saturated heterocycles. The number of rotatable bonds is 7. The van der Waals surface area contributed by atoms with Crippen LogP contribution in [0.4, 0.5) is 5.69 Å². The summed E-state index contributed by atoms with van der Waals surface area (Å²) in [5.74, 6) is 1.39. The lowest BCUT2D eigenvalue weighted by Crippen LogP contribution is -2.14. The third-order valence-electron chi connectivity index (χ3n) is 4.78. The number of nitrogens with zero attached hydrogens (tertiary/aromatic N) is 3. The maximum absolute atomic E-state index is 12.6. The zero-order chi connectivity index (χ0) is 23.4. The first-order valence-corrected chi connectivity index (χ1v) is 11.7. The van der Waals surface area contributed by atoms with Gasteiger partial charge < -0.3 is 10.1 Å². The van der Waals surface area contributed by atoms with Gasteiger partial charge in [0.1, 0.15) is 5.75 Å². The van der Waals surface area contributed by atoms with Crippen LogP contribution in [-0.2, 0) is 4.79 Å². The van der Waals surface area contributed by atoms with Crippen molar-refractivity contribution in [1.29, 1.82) is 0 Å². The fraction of sp³-hybridized carbons (Fsp3) is 0.125. The number of nitrogens with one attached hydrogen (secondary N) is 1. The van der Waals surface area contributed by atoms with Crippen molar-refractivity contribution in [3.8, 4) is 22.8 Å². The Labute approximate surface area is 205 Å². The molecule has 1 amide bonds. The van der Waals surface area contributed by atoms with Crippen molar-refractivity contribution < 1.29 is 9.53 Å². The number of hydrogen-bond acceptors (Lipinski definition) is 5. The summed E-state index contributed by atoms with van der Waals surface area (Å²) in [5.41, 5.74) is 3.49. The first-order chi connectivity index (χ1) is 15.9. The number of carbonyl (C=O) groups is 1. The van der Waals surface area contributed by atoms with Crippen molar-refractivity contribution >= 4 is 46.6 Å². The zero-order valence-corrected chi connectivity index (χ0v) is 20.2. The number of halogens is 2. The van der Waals surface area contributed by atoms with Crippen LogP contribution in [0.15, 0.2) is 71.9 Å². The molecule has 0 aliphatic rings. The fourth-order valence-corrected chi connectivity index (χ4v) is 4.25. The molecule has 3 aromatic carbocycles. The Balaban J connectivity index is 1.60. The summed E-state index contributed by atoms with van der Waals surface area (Å²) in [4.78, 5) is 12.6. The van der Waals surface area contributed by atoms with E-state index in [1.807, 2.05) is 54.0 Å². The van der Waals surface area contributed by atoms with Gasteiger partial charge in [0.15, 0.2) is 11.0 Å². The molecule has 0 radical (unpaired) electrons. The van der Waals surface area contributed by atoms with Gasteiger partial charge in [0.2, 0.25) is 5.91 Å². The maximum atomic E-state index is 12.6. The number of carbonyl (C=O) groups excluding carboxylic acids is 1. The summed E-state index contributed by atoms with van der Waals surface area (Å²) in [5, 5.41) is 13.0. The summed E-state index contributed by atoms with van der Waals surface area (Å²) >= 11 is 13.3. The number of anilines is 1. The second kappa shape index (κ2) is 10.3. The summed E-state index contributed by atoms with van der Waals surface area (Å²) < 4.78 is 7.22. The lowest BCUT2D eigenvalue weighted by molar-refractivity contribution is -0.113. The lowest BCUT2D eigenvalue weighted by atomic mass is 10.1. The average molecular weight is 499 g/mol. The van der Waals surface area contributed by atoms with Gasteiger partial charge in [0.25, 0.3) is 0 Å². The minimum absolute atomic E-state index is 0.141. The lowest BCUT2D eigenvalue weighted by Gasteiger charge is -2.12. The molecular weight excluding hydrogens is 479 g/mol. The van der Waals surface area contributed by atoms with E-state index in [-0.39, 0.29) is 11.7 Å². The van der Waals surface area contributed by atoms with Crippen molar-refractivity contribution in [2.24, 2.45) is 0 Å². The molecule has 0 aliphatic carbocycles. The van der Waals surface area contributed by atoms with Crippen LogP contribution >= 0.6 is 35.0 Å². The van der Waals surface area contributed by atoms with E-state index in [1.165, 1.54) is 11.8 Å². The smallest absolute Gasteiger partial charge is 0.234 e. The number of aryl methyl sites for hydroxylation is 1. The summed E-state index contributed by atoms with van der Waals surface area (Å²) in [6.45, 7) is 2.03. The minimum Gasteiger partial charge on any atom is -0.497 e. The molecule has 1 heterocycles. The first kappa shape index (κ1) is 23.2. The molecule has 0 fully saturated rings. The van der Waals surface area contributed by atoms with E-state index in [1.54, 1.807) is 25.3 Å². The van der Waals surface area contributed by atoms with Gasteiger partial charge in [-0.3, -0.25) is 9.36 Å². The Bertz CT molecular complexity index is 1290. The van der Waals surface area contributed by atoms with E-state index in [0.29, 0.717) is 26.7 Å². The molecule has 0 saturated carbocycles. The number of methoxy groups -OCH3 is 1. The molecular formula is C24H20Cl2N4O2S. The molecule has 33 heavy (non-hydrogen) atoms. The van der Waals surface area contributed by atoms with E-state index in [4.69, 9.17) is 27.9 Å². The number of thioether (sulfide) groups is 1. The molecule has 1 N–H and O–H groups in total. The predicted octanol–water partition coefficient (Wildman–Crippen LogP) is 6.29. The summed E-state index contributed by atoms with van der Waals surface area (Å²) in [7, 11) is 1.62. The summed E-state index contributed by atoms with van der Waals surface area (Å²) in [6.07, 6.45) is 0. The second-order valence-electron chi connectivity index (χ2n) is 7.17. The molecule has 0 spiro atoms. The van der Waals surface area contributed by atoms with Gasteiger partial charge in [0.05, 0.1) is 22.9 Å². The maximum Gasteiger partial charge on any atom is 0.234 e. The van der Waals surface area contributed by atoms with Crippen LogP contribution < -0.4 is 10.1 Å². The van der Waals surface area contributed by atoms with Crippen LogP contribution in [-0.4, -0.2) is 33.5 Å². The van der Waals surface area contributed by atoms with Gasteiger partial charge in [0, 0.05) is 16.9 Å². The van der Waals surface area contributed by atoms with Crippen molar-refractivity contribution in [1.82, 2.24) is 14.8 Å². The Morgan fingerprint density at radius 2 is 1.82 bits per heavy atom. The highest BCUT2D eigenvalue weighted by Gasteiger charge is 2.18. The van der Waals surface area contributed by atoms with Crippen LogP contribution in [0.5, 0.6) is 5.75 Å². The van der Waals surface area contributed by atoms with Gasteiger partial charge in [-0.25, -0.2) is 0 Å². The largest absolute Gasteiger partial charge is 0.497 e. The van der Waals surface area contributed by atoms with E-state index in [9.17, 15) is 4.79 Å². The van der Waals surface area contributed by atoms with E-state index in [2.05, 4.69) is 21.6 Å². The molecule has 168 valence electrons. The van der Waals surface area contributed by atoms with Gasteiger partial charge >= 0.3 is 0 Å². The van der Waals surface area contributed by atoms with Crippen LogP contribution in [0.3, 0.4) is 0 Å². The first-order valence-electron chi connectivity index (χ1n) is 9.99. The van der Waals surface area contributed by atoms with Crippen LogP contribution in [0.1, 0.15) is 5.56 Å². The summed E-state index contributed by atoms with van der Waals surface area (Å²) in [6, 6.07) is 20.6. The quantitative estimate of drug-likeness (QED) is 0.303. The number of aromatic nitrogens is 3. The number of benzene rings is 3. The van der Waals surface area contributed by atoms with Crippen LogP contribution in [0, 0.1) is 6.92 Å². The van der Waals surface area contributed by atoms with Gasteiger partial charge in [-0.1, -0.05) is 58.7 Å². The molecule has 4 rings (SSSR count). The molecule has 6 nitrogen and oxygen atoms in total. The second-order valence-corrected chi connectivity index (χ2v) is 8.93. The fourth-order valence-electron chi connectivity index (χ4n) is 3.20. The highest BCUT2D eigenvalue weighted by molar-refractivity contribution is 7.99. The van der Waals surface area contributed by atoms with Crippen LogP contribution in [0.25, 0.3) is 17.1 Å². The molecule has 0 unspecified atom stereocenters. The monoisotopic (exact) mass is 498 g/mol. The normalized spacial score (nSPS) is 10.8. The molecule has 1 aromatic heterocycles. The van der Waals surface area contributed by atoms with E-state index >= 15 is 0 Å². The van der Waals surface area contributed by atoms with Gasteiger partial charge in [-0.15, -0.1) is 10.2 Å². The minimum atomic E-state index is -0.195. The van der Waals surface area contributed by atoms with Gasteiger partial charge in [-0.05, 0) is 55.5 Å². The Morgan fingerprint density at radius 1 is 1.03 bits per heavy atom. The average Bonchev–Trinajstić information content (AvgIpc) is 3.24. The van der Waals surface area contributed by atoms with Gasteiger partial charge in [-0.2, -0.15) is 0 Å². The molecule has 0 aliphatic heterocycles. The highest BCUT2D eigenvalue weighted by atomic mass is 35.5. The standard InChI is InChI=1S/C24H20Cl2N4O2S/c1-15-4-3-5-16(12-15)23-28-29-24(30(23)18-7-9-19(32-2)10-8-18)33-14-22(31)27-17-6-11-20(25)21(26)13-17/h3-13H,14H2,1-2H3,(H,27,31). The Kier molecular flexibility index (Phi) is 7.23. The molecule has 9 heteroatoms. The molecule has 0 bridgehead atoms. The highest BCUT2D eigenvalue weighted by Crippen LogP contribution is 2.30. The van der Waals surface area contributed by atoms with E-state index < -0.39 is 0 Å². The third kappa shape index (κ3) is 5.50. The van der Waals surface area contributed by atoms with Crippen molar-refractivity contribution in [3.05, 3.63) is 82.3 Å². The van der Waals surface area contributed by atoms with Crippen molar-refractivity contribution in [3.63, 3.8) is 0 Å². The predicted molar refractivity (Wildman–Crippen MR) is 134 cm³/mol. The van der Waals surface area contributed by atoms with Crippen LogP contribution in [0.2, 0.25) is 10.0 Å². The SMILES string of the molecule is COc1ccc(-n2c(SCC(=O)Nc3ccc(Cl)c(Cl)c3)nnc2-c2cccc(C)c2)cc1. The van der Waals surface area contributed by atoms with Crippen molar-refractivity contribution in [2.45, 2.75) is 12.1 Å². The third-order valence-corrected chi connectivity index (χ3v) is 6.44.